The zero-order chi connectivity index (χ0) is 16.6. The van der Waals surface area contributed by atoms with E-state index >= 15 is 0 Å². The summed E-state index contributed by atoms with van der Waals surface area (Å²) in [6.07, 6.45) is -2.96. The normalized spacial score (nSPS) is 11.7. The molecule has 0 aliphatic carbocycles. The third-order valence-electron chi connectivity index (χ3n) is 3.37. The molecule has 0 aliphatic heterocycles. The van der Waals surface area contributed by atoms with Gasteiger partial charge in [-0.1, -0.05) is 0 Å². The number of hydrogen-bond acceptors (Lipinski definition) is 1. The minimum atomic E-state index is -4.45. The molecule has 3 nitrogen and oxygen atoms in total. The highest BCUT2D eigenvalue weighted by atomic mass is 19.4. The average Bonchev–Trinajstić information content (AvgIpc) is 2.89. The fraction of sp³-hybridized carbons (Fsp3) is 0.0625. The Balaban J connectivity index is 1.84. The van der Waals surface area contributed by atoms with Crippen LogP contribution in [0.15, 0.2) is 48.7 Å². The summed E-state index contributed by atoms with van der Waals surface area (Å²) in [5, 5.41) is 3.03. The molecule has 0 unspecified atom stereocenters. The molecule has 1 heterocycles. The Hall–Kier alpha value is -2.83. The maximum absolute atomic E-state index is 13.3. The molecule has 3 rings (SSSR count). The van der Waals surface area contributed by atoms with E-state index in [1.807, 2.05) is 0 Å². The number of hydrogen-bond donors (Lipinski definition) is 2. The van der Waals surface area contributed by atoms with Crippen LogP contribution in [-0.2, 0) is 6.18 Å². The standard InChI is InChI=1S/C16H10F4N2O/c17-11-5-6-13-12(7-11)14(8-21-13)22-15(23)9-1-3-10(4-2-9)16(18,19)20/h1-8,21H,(H,22,23). The number of carbonyl (C=O) groups is 1. The number of H-pyrrole nitrogens is 1. The van der Waals surface area contributed by atoms with Gasteiger partial charge >= 0.3 is 6.18 Å². The number of carbonyl (C=O) groups excluding carboxylic acids is 1. The van der Waals surface area contributed by atoms with Crippen LogP contribution in [-0.4, -0.2) is 10.9 Å². The van der Waals surface area contributed by atoms with Crippen LogP contribution in [0.3, 0.4) is 0 Å². The Bertz CT molecular complexity index is 866. The van der Waals surface area contributed by atoms with Gasteiger partial charge in [-0.3, -0.25) is 4.79 Å². The molecular formula is C16H10F4N2O. The summed E-state index contributed by atoms with van der Waals surface area (Å²) < 4.78 is 50.8. The van der Waals surface area contributed by atoms with Gasteiger partial charge in [-0.2, -0.15) is 13.2 Å². The van der Waals surface area contributed by atoms with Crippen molar-refractivity contribution >= 4 is 22.5 Å². The first-order chi connectivity index (χ1) is 10.8. The Labute approximate surface area is 127 Å². The SMILES string of the molecule is O=C(Nc1c[nH]c2ccc(F)cc12)c1ccc(C(F)(F)F)cc1. The van der Waals surface area contributed by atoms with Gasteiger partial charge < -0.3 is 10.3 Å². The fourth-order valence-electron chi connectivity index (χ4n) is 2.20. The lowest BCUT2D eigenvalue weighted by atomic mass is 10.1. The summed E-state index contributed by atoms with van der Waals surface area (Å²) in [5.74, 6) is -1.04. The monoisotopic (exact) mass is 322 g/mol. The molecule has 0 atom stereocenters. The zero-order valence-electron chi connectivity index (χ0n) is 11.5. The quantitative estimate of drug-likeness (QED) is 0.667. The third-order valence-corrected chi connectivity index (χ3v) is 3.37. The number of nitrogens with one attached hydrogen (secondary N) is 2. The number of aromatic nitrogens is 1. The molecule has 7 heteroatoms. The Morgan fingerprint density at radius 3 is 2.39 bits per heavy atom. The maximum Gasteiger partial charge on any atom is 0.416 e. The number of halogens is 4. The van der Waals surface area contributed by atoms with Crippen molar-refractivity contribution in [3.63, 3.8) is 0 Å². The molecule has 2 N–H and O–H groups in total. The molecule has 0 fully saturated rings. The van der Waals surface area contributed by atoms with E-state index in [1.54, 1.807) is 0 Å². The van der Waals surface area contributed by atoms with Gasteiger partial charge in [0.05, 0.1) is 11.3 Å². The summed E-state index contributed by atoms with van der Waals surface area (Å²) in [5.41, 5.74) is 0.227. The second kappa shape index (κ2) is 5.42. The van der Waals surface area contributed by atoms with Gasteiger partial charge in [0.25, 0.3) is 5.91 Å². The van der Waals surface area contributed by atoms with Crippen LogP contribution in [0.2, 0.25) is 0 Å². The van der Waals surface area contributed by atoms with Crippen LogP contribution >= 0.6 is 0 Å². The first-order valence-corrected chi connectivity index (χ1v) is 6.60. The number of anilines is 1. The van der Waals surface area contributed by atoms with Gasteiger partial charge in [0.2, 0.25) is 0 Å². The molecule has 1 aromatic heterocycles. The molecule has 23 heavy (non-hydrogen) atoms. The van der Waals surface area contributed by atoms with Crippen molar-refractivity contribution in [3.8, 4) is 0 Å². The van der Waals surface area contributed by atoms with E-state index in [0.29, 0.717) is 16.6 Å². The van der Waals surface area contributed by atoms with Crippen LogP contribution in [0.5, 0.6) is 0 Å². The first-order valence-electron chi connectivity index (χ1n) is 6.60. The lowest BCUT2D eigenvalue weighted by Gasteiger charge is -2.08. The van der Waals surface area contributed by atoms with Gasteiger partial charge in [0.15, 0.2) is 0 Å². The van der Waals surface area contributed by atoms with Crippen LogP contribution in [0.4, 0.5) is 23.2 Å². The summed E-state index contributed by atoms with van der Waals surface area (Å²) in [4.78, 5) is 15.0. The van der Waals surface area contributed by atoms with E-state index in [4.69, 9.17) is 0 Å². The molecular weight excluding hydrogens is 312 g/mol. The second-order valence-corrected chi connectivity index (χ2v) is 4.92. The van der Waals surface area contributed by atoms with E-state index in [0.717, 1.165) is 24.3 Å². The molecule has 0 saturated heterocycles. The summed E-state index contributed by atoms with van der Waals surface area (Å²) in [7, 11) is 0. The van der Waals surface area contributed by atoms with Gasteiger partial charge in [0, 0.05) is 22.7 Å². The highest BCUT2D eigenvalue weighted by molar-refractivity contribution is 6.08. The molecule has 0 aliphatic rings. The molecule has 118 valence electrons. The summed E-state index contributed by atoms with van der Waals surface area (Å²) >= 11 is 0. The number of aromatic amines is 1. The molecule has 0 radical (unpaired) electrons. The van der Waals surface area contributed by atoms with Crippen molar-refractivity contribution in [1.82, 2.24) is 4.98 Å². The second-order valence-electron chi connectivity index (χ2n) is 4.92. The van der Waals surface area contributed by atoms with Crippen LogP contribution in [0.25, 0.3) is 10.9 Å². The molecule has 3 aromatic rings. The number of rotatable bonds is 2. The summed E-state index contributed by atoms with van der Waals surface area (Å²) in [6, 6.07) is 7.92. The van der Waals surface area contributed by atoms with E-state index < -0.39 is 23.5 Å². The Morgan fingerprint density at radius 1 is 1.04 bits per heavy atom. The Kier molecular flexibility index (Phi) is 3.55. The molecule has 2 aromatic carbocycles. The number of amides is 1. The number of fused-ring (bicyclic) bond motifs is 1. The van der Waals surface area contributed by atoms with Crippen LogP contribution in [0, 0.1) is 5.82 Å². The zero-order valence-corrected chi connectivity index (χ0v) is 11.5. The third kappa shape index (κ3) is 3.03. The van der Waals surface area contributed by atoms with Crippen LogP contribution in [0.1, 0.15) is 15.9 Å². The summed E-state index contributed by atoms with van der Waals surface area (Å²) in [6.45, 7) is 0. The Morgan fingerprint density at radius 2 is 1.74 bits per heavy atom. The number of benzene rings is 2. The molecule has 1 amide bonds. The van der Waals surface area contributed by atoms with E-state index in [9.17, 15) is 22.4 Å². The van der Waals surface area contributed by atoms with E-state index in [2.05, 4.69) is 10.3 Å². The van der Waals surface area contributed by atoms with Gasteiger partial charge in [0.1, 0.15) is 5.82 Å². The van der Waals surface area contributed by atoms with Crippen LogP contribution < -0.4 is 5.32 Å². The maximum atomic E-state index is 13.3. The first kappa shape index (κ1) is 15.1. The molecule has 0 bridgehead atoms. The number of alkyl halides is 3. The largest absolute Gasteiger partial charge is 0.416 e. The topological polar surface area (TPSA) is 44.9 Å². The fourth-order valence-corrected chi connectivity index (χ4v) is 2.20. The van der Waals surface area contributed by atoms with E-state index in [-0.39, 0.29) is 5.56 Å². The van der Waals surface area contributed by atoms with E-state index in [1.165, 1.54) is 24.4 Å². The molecule has 0 saturated carbocycles. The predicted octanol–water partition coefficient (Wildman–Crippen LogP) is 4.58. The average molecular weight is 322 g/mol. The lowest BCUT2D eigenvalue weighted by molar-refractivity contribution is -0.137. The van der Waals surface area contributed by atoms with Crippen molar-refractivity contribution in [2.75, 3.05) is 5.32 Å². The van der Waals surface area contributed by atoms with Crippen molar-refractivity contribution in [2.45, 2.75) is 6.18 Å². The van der Waals surface area contributed by atoms with Gasteiger partial charge in [-0.05, 0) is 42.5 Å². The van der Waals surface area contributed by atoms with Gasteiger partial charge in [-0.15, -0.1) is 0 Å². The molecule has 0 spiro atoms. The van der Waals surface area contributed by atoms with Gasteiger partial charge in [-0.25, -0.2) is 4.39 Å². The van der Waals surface area contributed by atoms with Crippen molar-refractivity contribution in [3.05, 3.63) is 65.6 Å². The minimum Gasteiger partial charge on any atom is -0.359 e. The highest BCUT2D eigenvalue weighted by Crippen LogP contribution is 2.29. The van der Waals surface area contributed by atoms with Crippen molar-refractivity contribution < 1.29 is 22.4 Å². The smallest absolute Gasteiger partial charge is 0.359 e. The van der Waals surface area contributed by atoms with Crippen molar-refractivity contribution in [1.29, 1.82) is 0 Å². The van der Waals surface area contributed by atoms with Crippen molar-refractivity contribution in [2.24, 2.45) is 0 Å². The lowest BCUT2D eigenvalue weighted by Crippen LogP contribution is -2.12. The highest BCUT2D eigenvalue weighted by Gasteiger charge is 2.30. The minimum absolute atomic E-state index is 0.0729. The predicted molar refractivity (Wildman–Crippen MR) is 77.7 cm³/mol.